The number of sulfonamides is 1. The first-order valence-electron chi connectivity index (χ1n) is 15.1. The van der Waals surface area contributed by atoms with Gasteiger partial charge in [-0.25, -0.2) is 18.4 Å². The molecule has 0 fully saturated rings. The van der Waals surface area contributed by atoms with Crippen LogP contribution < -0.4 is 10.5 Å². The second-order valence-corrected chi connectivity index (χ2v) is 12.1. The Hall–Kier alpha value is -3.58. The summed E-state index contributed by atoms with van der Waals surface area (Å²) in [6, 6.07) is 20.8. The molecule has 0 bridgehead atoms. The molecule has 45 heavy (non-hydrogen) atoms. The number of aliphatic carboxylic acids is 1. The average molecular weight is 643 g/mol. The van der Waals surface area contributed by atoms with E-state index in [9.17, 15) is 28.5 Å². The van der Waals surface area contributed by atoms with Gasteiger partial charge < -0.3 is 30.5 Å². The second-order valence-electron chi connectivity index (χ2n) is 10.5. The van der Waals surface area contributed by atoms with Crippen LogP contribution in [0.1, 0.15) is 66.9 Å². The summed E-state index contributed by atoms with van der Waals surface area (Å²) in [5.41, 5.74) is 2.94. The molecule has 3 aromatic carbocycles. The van der Waals surface area contributed by atoms with E-state index in [1.807, 2.05) is 36.4 Å². The van der Waals surface area contributed by atoms with E-state index in [0.29, 0.717) is 24.3 Å². The number of nitrogens with two attached hydrogens (primary N) is 1. The standard InChI is InChI=1S/C25H38N2O6S.C9H8O2/c26-34(31,32)23-10-7-9-20(16-23)8-3-6-15-33-14-5-2-1-4-13-27-18-25(30)21-11-12-24(29)22(17-21)19-28;10-9(11)7-6-8-4-2-1-3-5-8/h7,9-12,16-17,25,27-30H,1-6,8,13-15,18-19H2,(H2,26,31,32);1-7H,(H,10,11)/b;7-6+/t25-;/m0./s1. The lowest BCUT2D eigenvalue weighted by Gasteiger charge is -2.14. The number of carbonyl (C=O) groups is 1. The average Bonchev–Trinajstić information content (AvgIpc) is 3.03. The summed E-state index contributed by atoms with van der Waals surface area (Å²) in [6.07, 6.45) is 8.84. The van der Waals surface area contributed by atoms with Crippen molar-refractivity contribution in [2.24, 2.45) is 5.14 Å². The molecule has 10 nitrogen and oxygen atoms in total. The summed E-state index contributed by atoms with van der Waals surface area (Å²) in [5.74, 6) is -0.891. The largest absolute Gasteiger partial charge is 0.508 e. The number of nitrogens with one attached hydrogen (secondary N) is 1. The van der Waals surface area contributed by atoms with Crippen molar-refractivity contribution in [1.29, 1.82) is 0 Å². The molecule has 1 atom stereocenters. The third-order valence-electron chi connectivity index (χ3n) is 6.84. The lowest BCUT2D eigenvalue weighted by Crippen LogP contribution is -2.22. The first-order chi connectivity index (χ1) is 21.6. The first kappa shape index (κ1) is 37.6. The minimum atomic E-state index is -3.66. The van der Waals surface area contributed by atoms with E-state index in [4.69, 9.17) is 15.0 Å². The van der Waals surface area contributed by atoms with Gasteiger partial charge in [-0.15, -0.1) is 0 Å². The number of phenols is 1. The molecule has 0 amide bonds. The molecule has 246 valence electrons. The van der Waals surface area contributed by atoms with Crippen LogP contribution in [0.3, 0.4) is 0 Å². The van der Waals surface area contributed by atoms with Crippen molar-refractivity contribution in [2.45, 2.75) is 62.6 Å². The Morgan fingerprint density at radius 3 is 2.31 bits per heavy atom. The van der Waals surface area contributed by atoms with Gasteiger partial charge in [-0.3, -0.25) is 0 Å². The van der Waals surface area contributed by atoms with Gasteiger partial charge >= 0.3 is 5.97 Å². The number of aromatic hydroxyl groups is 1. The molecule has 3 rings (SSSR count). The summed E-state index contributed by atoms with van der Waals surface area (Å²) in [7, 11) is -3.66. The Morgan fingerprint density at radius 2 is 1.62 bits per heavy atom. The summed E-state index contributed by atoms with van der Waals surface area (Å²) in [5, 5.41) is 45.7. The molecule has 7 N–H and O–H groups in total. The summed E-state index contributed by atoms with van der Waals surface area (Å²) in [6.45, 7) is 2.41. The predicted molar refractivity (Wildman–Crippen MR) is 175 cm³/mol. The minimum Gasteiger partial charge on any atom is -0.508 e. The van der Waals surface area contributed by atoms with Crippen LogP contribution in [0.2, 0.25) is 0 Å². The van der Waals surface area contributed by atoms with E-state index in [2.05, 4.69) is 5.32 Å². The van der Waals surface area contributed by atoms with E-state index in [0.717, 1.165) is 75.3 Å². The molecule has 0 aromatic heterocycles. The Kier molecular flexibility index (Phi) is 17.7. The van der Waals surface area contributed by atoms with Gasteiger partial charge in [-0.05, 0) is 85.7 Å². The van der Waals surface area contributed by atoms with Crippen LogP contribution in [0.25, 0.3) is 6.08 Å². The molecule has 0 aliphatic carbocycles. The first-order valence-corrected chi connectivity index (χ1v) is 16.6. The quantitative estimate of drug-likeness (QED) is 0.0809. The fraction of sp³-hybridized carbons (Fsp3) is 0.382. The van der Waals surface area contributed by atoms with Crippen LogP contribution in [0.4, 0.5) is 0 Å². The Balaban J connectivity index is 0.000000537. The van der Waals surface area contributed by atoms with Crippen LogP contribution >= 0.6 is 0 Å². The van der Waals surface area contributed by atoms with Crippen molar-refractivity contribution in [3.63, 3.8) is 0 Å². The van der Waals surface area contributed by atoms with Crippen LogP contribution in [0, 0.1) is 0 Å². The zero-order valence-electron chi connectivity index (χ0n) is 25.6. The Bertz CT molecular complexity index is 1410. The summed E-state index contributed by atoms with van der Waals surface area (Å²) < 4.78 is 28.5. The maximum Gasteiger partial charge on any atom is 0.328 e. The van der Waals surface area contributed by atoms with E-state index in [1.54, 1.807) is 30.3 Å². The maximum absolute atomic E-state index is 11.4. The highest BCUT2D eigenvalue weighted by Gasteiger charge is 2.10. The fourth-order valence-corrected chi connectivity index (χ4v) is 4.93. The van der Waals surface area contributed by atoms with E-state index in [-0.39, 0.29) is 17.3 Å². The number of ether oxygens (including phenoxy) is 1. The molecule has 0 spiro atoms. The molecule has 0 saturated heterocycles. The SMILES string of the molecule is NS(=O)(=O)c1cccc(CCCCOCCCCCCNC[C@H](O)c2ccc(O)c(CO)c2)c1.O=C(O)/C=C/c1ccccc1. The monoisotopic (exact) mass is 642 g/mol. The second kappa shape index (κ2) is 21.2. The summed E-state index contributed by atoms with van der Waals surface area (Å²) >= 11 is 0. The van der Waals surface area contributed by atoms with Gasteiger partial charge in [0.25, 0.3) is 0 Å². The van der Waals surface area contributed by atoms with Gasteiger partial charge in [0.15, 0.2) is 0 Å². The van der Waals surface area contributed by atoms with E-state index >= 15 is 0 Å². The number of aryl methyl sites for hydroxylation is 1. The normalized spacial score (nSPS) is 12.1. The highest BCUT2D eigenvalue weighted by Crippen LogP contribution is 2.22. The number of aliphatic hydroxyl groups excluding tert-OH is 2. The van der Waals surface area contributed by atoms with Crippen molar-refractivity contribution in [3.05, 3.63) is 101 Å². The topological polar surface area (TPSA) is 179 Å². The number of aliphatic hydroxyl groups is 2. The molecule has 11 heteroatoms. The van der Waals surface area contributed by atoms with Crippen molar-refractivity contribution >= 4 is 22.1 Å². The van der Waals surface area contributed by atoms with Crippen molar-refractivity contribution in [3.8, 4) is 5.75 Å². The van der Waals surface area contributed by atoms with Gasteiger partial charge in [0.05, 0.1) is 17.6 Å². The fourth-order valence-electron chi connectivity index (χ4n) is 4.35. The smallest absolute Gasteiger partial charge is 0.328 e. The van der Waals surface area contributed by atoms with Crippen LogP contribution in [0.5, 0.6) is 5.75 Å². The van der Waals surface area contributed by atoms with Crippen molar-refractivity contribution < 1.29 is 38.4 Å². The van der Waals surface area contributed by atoms with Crippen LogP contribution in [-0.2, 0) is 32.6 Å². The summed E-state index contributed by atoms with van der Waals surface area (Å²) in [4.78, 5) is 10.2. The van der Waals surface area contributed by atoms with E-state index in [1.165, 1.54) is 12.1 Å². The van der Waals surface area contributed by atoms with Crippen LogP contribution in [-0.4, -0.2) is 61.1 Å². The molecule has 0 saturated carbocycles. The number of rotatable bonds is 19. The highest BCUT2D eigenvalue weighted by molar-refractivity contribution is 7.89. The number of benzene rings is 3. The van der Waals surface area contributed by atoms with Gasteiger partial charge in [-0.2, -0.15) is 0 Å². The third kappa shape index (κ3) is 16.3. The number of carboxylic acids is 1. The number of hydrogen-bond donors (Lipinski definition) is 6. The zero-order valence-corrected chi connectivity index (χ0v) is 26.4. The van der Waals surface area contributed by atoms with Crippen molar-refractivity contribution in [1.82, 2.24) is 5.32 Å². The molecule has 0 radical (unpaired) electrons. The molecule has 0 heterocycles. The molecule has 0 aliphatic rings. The van der Waals surface area contributed by atoms with Gasteiger partial charge in [0.1, 0.15) is 5.75 Å². The Labute approximate surface area is 266 Å². The van der Waals surface area contributed by atoms with Gasteiger partial charge in [0.2, 0.25) is 10.0 Å². The lowest BCUT2D eigenvalue weighted by molar-refractivity contribution is -0.131. The number of hydrogen-bond acceptors (Lipinski definition) is 8. The minimum absolute atomic E-state index is 0.0310. The number of carboxylic acid groups (broad SMARTS) is 1. The number of primary sulfonamides is 1. The molecular weight excluding hydrogens is 596 g/mol. The molecule has 0 aliphatic heterocycles. The molecule has 3 aromatic rings. The highest BCUT2D eigenvalue weighted by atomic mass is 32.2. The lowest BCUT2D eigenvalue weighted by atomic mass is 10.1. The Morgan fingerprint density at radius 1 is 0.911 bits per heavy atom. The molecule has 0 unspecified atom stereocenters. The zero-order chi connectivity index (χ0) is 32.9. The van der Waals surface area contributed by atoms with Crippen LogP contribution in [0.15, 0.2) is 83.8 Å². The maximum atomic E-state index is 11.4. The third-order valence-corrected chi connectivity index (χ3v) is 7.75. The predicted octanol–water partition coefficient (Wildman–Crippen LogP) is 4.54. The van der Waals surface area contributed by atoms with Gasteiger partial charge in [-0.1, -0.05) is 61.4 Å². The molecular formula is C34H46N2O8S. The van der Waals surface area contributed by atoms with E-state index < -0.39 is 22.1 Å². The van der Waals surface area contributed by atoms with Crippen molar-refractivity contribution in [2.75, 3.05) is 26.3 Å². The van der Waals surface area contributed by atoms with Gasteiger partial charge in [0, 0.05) is 31.4 Å². The number of unbranched alkanes of at least 4 members (excludes halogenated alkanes) is 4.